The van der Waals surface area contributed by atoms with E-state index in [0.717, 1.165) is 15.8 Å². The molecule has 9 nitrogen and oxygen atoms in total. The zero-order valence-corrected chi connectivity index (χ0v) is 25.2. The van der Waals surface area contributed by atoms with Gasteiger partial charge in [0.05, 0.1) is 15.1 Å². The Hall–Kier alpha value is -3.22. The summed E-state index contributed by atoms with van der Waals surface area (Å²) in [7, 11) is 0.195. The van der Waals surface area contributed by atoms with Crippen molar-refractivity contribution in [1.82, 2.24) is 14.2 Å². The zero-order chi connectivity index (χ0) is 27.9. The molecule has 0 N–H and O–H groups in total. The van der Waals surface area contributed by atoms with Crippen molar-refractivity contribution in [3.05, 3.63) is 77.4 Å². The average molecular weight is 615 g/mol. The SMILES string of the molecule is CN(C)CCN(C(=O)c1ccc(S(=O)(=O)N2CCc3ccccc3C2)cc1)c1nc2cc3c(cc2s1)OCCO3.Cl. The predicted octanol–water partition coefficient (Wildman–Crippen LogP) is 4.44. The molecule has 0 bridgehead atoms. The Labute approximate surface area is 249 Å². The maximum Gasteiger partial charge on any atom is 0.260 e. The van der Waals surface area contributed by atoms with E-state index in [2.05, 4.69) is 0 Å². The molecule has 0 radical (unpaired) electrons. The van der Waals surface area contributed by atoms with Crippen LogP contribution in [-0.2, 0) is 23.0 Å². The van der Waals surface area contributed by atoms with Crippen LogP contribution in [0.5, 0.6) is 11.5 Å². The molecular weight excluding hydrogens is 584 g/mol. The van der Waals surface area contributed by atoms with E-state index < -0.39 is 10.0 Å². The number of carbonyl (C=O) groups is 1. The minimum absolute atomic E-state index is 0. The van der Waals surface area contributed by atoms with Crippen molar-refractivity contribution in [2.24, 2.45) is 0 Å². The topological polar surface area (TPSA) is 92.3 Å². The molecule has 1 aromatic heterocycles. The molecule has 0 saturated heterocycles. The quantitative estimate of drug-likeness (QED) is 0.304. The fraction of sp³-hybridized carbons (Fsp3) is 0.310. The third-order valence-corrected chi connectivity index (χ3v) is 10.0. The lowest BCUT2D eigenvalue weighted by molar-refractivity contribution is 0.0985. The Balaban J connectivity index is 0.00000337. The number of ether oxygens (including phenoxy) is 2. The number of sulfonamides is 1. The lowest BCUT2D eigenvalue weighted by atomic mass is 10.0. The molecule has 0 fully saturated rings. The first-order valence-corrected chi connectivity index (χ1v) is 15.4. The van der Waals surface area contributed by atoms with E-state index in [9.17, 15) is 13.2 Å². The number of benzene rings is 3. The first kappa shape index (κ1) is 29.3. The molecule has 0 saturated carbocycles. The Kier molecular flexibility index (Phi) is 8.53. The zero-order valence-electron chi connectivity index (χ0n) is 22.8. The van der Waals surface area contributed by atoms with Gasteiger partial charge in [0.2, 0.25) is 10.0 Å². The average Bonchev–Trinajstić information content (AvgIpc) is 3.37. The van der Waals surface area contributed by atoms with Crippen LogP contribution in [0.4, 0.5) is 5.13 Å². The monoisotopic (exact) mass is 614 g/mol. The number of fused-ring (bicyclic) bond motifs is 3. The highest BCUT2D eigenvalue weighted by atomic mass is 35.5. The fourth-order valence-electron chi connectivity index (χ4n) is 4.90. The Morgan fingerprint density at radius 1 is 0.976 bits per heavy atom. The predicted molar refractivity (Wildman–Crippen MR) is 162 cm³/mol. The highest BCUT2D eigenvalue weighted by Gasteiger charge is 2.29. The van der Waals surface area contributed by atoms with Crippen molar-refractivity contribution >= 4 is 55.0 Å². The molecule has 1 amide bonds. The number of aromatic nitrogens is 1. The van der Waals surface area contributed by atoms with Gasteiger partial charge >= 0.3 is 0 Å². The van der Waals surface area contributed by atoms with Crippen LogP contribution < -0.4 is 14.4 Å². The molecule has 3 aromatic carbocycles. The number of thiazole rings is 1. The van der Waals surface area contributed by atoms with E-state index in [1.807, 2.05) is 55.4 Å². The maximum atomic E-state index is 13.8. The summed E-state index contributed by atoms with van der Waals surface area (Å²) in [5.74, 6) is 1.08. The van der Waals surface area contributed by atoms with Gasteiger partial charge in [-0.1, -0.05) is 35.6 Å². The number of likely N-dealkylation sites (N-methyl/N-ethyl adjacent to an activating group) is 1. The van der Waals surface area contributed by atoms with Gasteiger partial charge in [-0.25, -0.2) is 13.4 Å². The summed E-state index contributed by atoms with van der Waals surface area (Å²) in [4.78, 5) is 22.3. The second-order valence-corrected chi connectivity index (χ2v) is 13.0. The second kappa shape index (κ2) is 11.9. The summed E-state index contributed by atoms with van der Waals surface area (Å²) in [6.07, 6.45) is 0.677. The van der Waals surface area contributed by atoms with Gasteiger partial charge in [0.1, 0.15) is 13.2 Å². The third kappa shape index (κ3) is 5.91. The molecule has 12 heteroatoms. The van der Waals surface area contributed by atoms with Gasteiger partial charge in [-0.15, -0.1) is 12.4 Å². The second-order valence-electron chi connectivity index (χ2n) is 10.1. The van der Waals surface area contributed by atoms with E-state index in [1.165, 1.54) is 33.3 Å². The Morgan fingerprint density at radius 2 is 1.66 bits per heavy atom. The maximum absolute atomic E-state index is 13.8. The van der Waals surface area contributed by atoms with Gasteiger partial charge in [0.25, 0.3) is 5.91 Å². The molecule has 0 atom stereocenters. The van der Waals surface area contributed by atoms with Crippen LogP contribution in [0.25, 0.3) is 10.2 Å². The third-order valence-electron chi connectivity index (χ3n) is 7.12. The summed E-state index contributed by atoms with van der Waals surface area (Å²) in [6.45, 7) is 2.80. The molecule has 41 heavy (non-hydrogen) atoms. The molecule has 4 aromatic rings. The number of nitrogens with zero attached hydrogens (tertiary/aromatic N) is 4. The number of halogens is 1. The van der Waals surface area contributed by atoms with E-state index in [1.54, 1.807) is 17.0 Å². The molecule has 6 rings (SSSR count). The van der Waals surface area contributed by atoms with Crippen molar-refractivity contribution in [2.75, 3.05) is 51.8 Å². The lowest BCUT2D eigenvalue weighted by Crippen LogP contribution is -2.37. The number of anilines is 1. The molecule has 0 spiro atoms. The standard InChI is InChI=1S/C29H30N4O5S2.ClH/c1-31(2)13-14-33(29-30-24-17-25-26(18-27(24)39-29)38-16-15-37-25)28(34)21-7-9-23(10-8-21)40(35,36)32-12-11-20-5-3-4-6-22(20)19-32;/h3-10,17-18H,11-16,19H2,1-2H3;1H. The summed E-state index contributed by atoms with van der Waals surface area (Å²) < 4.78 is 40.6. The van der Waals surface area contributed by atoms with E-state index in [4.69, 9.17) is 14.5 Å². The molecule has 0 aliphatic carbocycles. The first-order chi connectivity index (χ1) is 19.3. The summed E-state index contributed by atoms with van der Waals surface area (Å²) >= 11 is 1.41. The van der Waals surface area contributed by atoms with Crippen molar-refractivity contribution in [3.63, 3.8) is 0 Å². The minimum Gasteiger partial charge on any atom is -0.486 e. The van der Waals surface area contributed by atoms with E-state index in [-0.39, 0.29) is 23.2 Å². The molecule has 2 aliphatic heterocycles. The minimum atomic E-state index is -3.70. The van der Waals surface area contributed by atoms with Crippen LogP contribution >= 0.6 is 23.7 Å². The number of hydrogen-bond acceptors (Lipinski definition) is 8. The van der Waals surface area contributed by atoms with E-state index >= 15 is 0 Å². The summed E-state index contributed by atoms with van der Waals surface area (Å²) in [5.41, 5.74) is 3.33. The largest absolute Gasteiger partial charge is 0.486 e. The highest BCUT2D eigenvalue weighted by Crippen LogP contribution is 2.39. The van der Waals surface area contributed by atoms with Crippen molar-refractivity contribution in [3.8, 4) is 11.5 Å². The van der Waals surface area contributed by atoms with Gasteiger partial charge in [0.15, 0.2) is 16.6 Å². The van der Waals surface area contributed by atoms with Gasteiger partial charge < -0.3 is 14.4 Å². The summed E-state index contributed by atoms with van der Waals surface area (Å²) in [6, 6.07) is 17.9. The molecule has 3 heterocycles. The van der Waals surface area contributed by atoms with Crippen LogP contribution in [0, 0.1) is 0 Å². The fourth-order valence-corrected chi connectivity index (χ4v) is 7.32. The Morgan fingerprint density at radius 3 is 2.37 bits per heavy atom. The van der Waals surface area contributed by atoms with Crippen molar-refractivity contribution < 1.29 is 22.7 Å². The molecule has 0 unspecified atom stereocenters. The van der Waals surface area contributed by atoms with Crippen molar-refractivity contribution in [1.29, 1.82) is 0 Å². The van der Waals surface area contributed by atoms with Gasteiger partial charge in [-0.2, -0.15) is 4.31 Å². The van der Waals surface area contributed by atoms with Crippen LogP contribution in [0.1, 0.15) is 21.5 Å². The number of rotatable bonds is 7. The molecule has 2 aliphatic rings. The van der Waals surface area contributed by atoms with Crippen LogP contribution in [0.15, 0.2) is 65.6 Å². The van der Waals surface area contributed by atoms with E-state index in [0.29, 0.717) is 68.0 Å². The number of carbonyl (C=O) groups excluding carboxylic acids is 1. The number of amides is 1. The normalized spacial score (nSPS) is 14.9. The molecular formula is C29H31ClN4O5S2. The van der Waals surface area contributed by atoms with Crippen LogP contribution in [0.2, 0.25) is 0 Å². The van der Waals surface area contributed by atoms with Crippen LogP contribution in [0.3, 0.4) is 0 Å². The van der Waals surface area contributed by atoms with Crippen molar-refractivity contribution in [2.45, 2.75) is 17.9 Å². The Bertz CT molecular complexity index is 1630. The van der Waals surface area contributed by atoms with Gasteiger partial charge in [0, 0.05) is 43.9 Å². The lowest BCUT2D eigenvalue weighted by Gasteiger charge is -2.28. The van der Waals surface area contributed by atoms with Crippen LogP contribution in [-0.4, -0.2) is 75.5 Å². The first-order valence-electron chi connectivity index (χ1n) is 13.1. The van der Waals surface area contributed by atoms with Gasteiger partial charge in [-0.3, -0.25) is 9.69 Å². The van der Waals surface area contributed by atoms with Gasteiger partial charge in [-0.05, 0) is 55.9 Å². The molecule has 216 valence electrons. The number of hydrogen-bond donors (Lipinski definition) is 0. The summed E-state index contributed by atoms with van der Waals surface area (Å²) in [5, 5.41) is 0.563. The smallest absolute Gasteiger partial charge is 0.260 e. The highest BCUT2D eigenvalue weighted by molar-refractivity contribution is 7.89.